The number of amides is 1. The van der Waals surface area contributed by atoms with Gasteiger partial charge in [0.2, 0.25) is 0 Å². The fourth-order valence-electron chi connectivity index (χ4n) is 3.76. The van der Waals surface area contributed by atoms with Gasteiger partial charge >= 0.3 is 0 Å². The maximum absolute atomic E-state index is 12.3. The molecule has 0 aliphatic heterocycles. The number of hydrogen-bond donors (Lipinski definition) is 2. The van der Waals surface area contributed by atoms with Crippen molar-refractivity contribution in [1.82, 2.24) is 5.43 Å². The zero-order valence-electron chi connectivity index (χ0n) is 17.5. The SMILES string of the molecule is Cc1ccc(NCC(=O)N/N=C\c2c3ccccc3c(C)c3ccccc23)cc1C. The first-order chi connectivity index (χ1) is 14.5. The van der Waals surface area contributed by atoms with Crippen LogP contribution in [0.5, 0.6) is 0 Å². The van der Waals surface area contributed by atoms with E-state index in [1.54, 1.807) is 6.21 Å². The molecule has 0 spiro atoms. The van der Waals surface area contributed by atoms with Gasteiger partial charge < -0.3 is 5.32 Å². The van der Waals surface area contributed by atoms with Gasteiger partial charge in [-0.05, 0) is 71.1 Å². The molecule has 0 atom stereocenters. The number of anilines is 1. The fraction of sp³-hybridized carbons (Fsp3) is 0.154. The van der Waals surface area contributed by atoms with Gasteiger partial charge in [0.1, 0.15) is 0 Å². The molecule has 0 aliphatic carbocycles. The van der Waals surface area contributed by atoms with Crippen molar-refractivity contribution in [3.63, 3.8) is 0 Å². The van der Waals surface area contributed by atoms with Crippen LogP contribution in [0.15, 0.2) is 71.8 Å². The van der Waals surface area contributed by atoms with Crippen LogP contribution in [0.2, 0.25) is 0 Å². The summed E-state index contributed by atoms with van der Waals surface area (Å²) in [5, 5.41) is 12.0. The van der Waals surface area contributed by atoms with Crippen molar-refractivity contribution in [2.45, 2.75) is 20.8 Å². The number of hydrogen-bond acceptors (Lipinski definition) is 3. The third kappa shape index (κ3) is 3.90. The van der Waals surface area contributed by atoms with Crippen LogP contribution in [0.25, 0.3) is 21.5 Å². The molecule has 0 saturated heterocycles. The van der Waals surface area contributed by atoms with Gasteiger partial charge in [-0.1, -0.05) is 54.6 Å². The van der Waals surface area contributed by atoms with E-state index < -0.39 is 0 Å². The zero-order chi connectivity index (χ0) is 21.1. The van der Waals surface area contributed by atoms with E-state index in [2.05, 4.69) is 60.9 Å². The standard InChI is InChI=1S/C26H25N3O/c1-17-12-13-20(14-18(17)2)27-16-26(30)29-28-15-25-23-10-6-4-8-21(23)19(3)22-9-5-7-11-24(22)25/h4-15,27H,16H2,1-3H3,(H,29,30)/b28-15-. The van der Waals surface area contributed by atoms with E-state index in [0.717, 1.165) is 22.0 Å². The third-order valence-corrected chi connectivity index (χ3v) is 5.59. The smallest absolute Gasteiger partial charge is 0.259 e. The van der Waals surface area contributed by atoms with Crippen molar-refractivity contribution in [3.05, 3.63) is 89.0 Å². The van der Waals surface area contributed by atoms with Gasteiger partial charge in [0.25, 0.3) is 5.91 Å². The highest BCUT2D eigenvalue weighted by atomic mass is 16.2. The summed E-state index contributed by atoms with van der Waals surface area (Å²) in [5.74, 6) is -0.190. The van der Waals surface area contributed by atoms with Gasteiger partial charge in [-0.3, -0.25) is 4.79 Å². The highest BCUT2D eigenvalue weighted by Gasteiger charge is 2.09. The molecule has 150 valence electrons. The van der Waals surface area contributed by atoms with Crippen LogP contribution in [0.3, 0.4) is 0 Å². The number of rotatable bonds is 5. The topological polar surface area (TPSA) is 53.5 Å². The first-order valence-electron chi connectivity index (χ1n) is 10.1. The van der Waals surface area contributed by atoms with E-state index in [1.807, 2.05) is 42.5 Å². The van der Waals surface area contributed by atoms with Crippen molar-refractivity contribution in [1.29, 1.82) is 0 Å². The molecule has 4 aromatic rings. The van der Waals surface area contributed by atoms with Crippen LogP contribution in [-0.2, 0) is 4.79 Å². The summed E-state index contributed by atoms with van der Waals surface area (Å²) < 4.78 is 0. The van der Waals surface area contributed by atoms with Crippen molar-refractivity contribution < 1.29 is 4.79 Å². The second kappa shape index (κ2) is 8.37. The molecule has 2 N–H and O–H groups in total. The maximum Gasteiger partial charge on any atom is 0.259 e. The van der Waals surface area contributed by atoms with Crippen molar-refractivity contribution in [2.24, 2.45) is 5.10 Å². The van der Waals surface area contributed by atoms with E-state index in [-0.39, 0.29) is 12.5 Å². The maximum atomic E-state index is 12.3. The Morgan fingerprint density at radius 3 is 2.03 bits per heavy atom. The Morgan fingerprint density at radius 1 is 0.833 bits per heavy atom. The summed E-state index contributed by atoms with van der Waals surface area (Å²) >= 11 is 0. The minimum absolute atomic E-state index is 0.162. The van der Waals surface area contributed by atoms with E-state index in [0.29, 0.717) is 0 Å². The Bertz CT molecular complexity index is 1220. The Labute approximate surface area is 176 Å². The van der Waals surface area contributed by atoms with Gasteiger partial charge in [-0.2, -0.15) is 5.10 Å². The van der Waals surface area contributed by atoms with Gasteiger partial charge in [0.05, 0.1) is 12.8 Å². The van der Waals surface area contributed by atoms with Gasteiger partial charge in [-0.15, -0.1) is 0 Å². The van der Waals surface area contributed by atoms with E-state index >= 15 is 0 Å². The molecule has 0 unspecified atom stereocenters. The van der Waals surface area contributed by atoms with Crippen LogP contribution in [0, 0.1) is 20.8 Å². The number of benzene rings is 4. The highest BCUT2D eigenvalue weighted by molar-refractivity contribution is 6.15. The van der Waals surface area contributed by atoms with E-state index in [9.17, 15) is 4.79 Å². The van der Waals surface area contributed by atoms with Crippen LogP contribution < -0.4 is 10.7 Å². The summed E-state index contributed by atoms with van der Waals surface area (Å²) in [6, 6.07) is 22.6. The second-order valence-corrected chi connectivity index (χ2v) is 7.58. The lowest BCUT2D eigenvalue weighted by Crippen LogP contribution is -2.25. The summed E-state index contributed by atoms with van der Waals surface area (Å²) in [6.45, 7) is 6.43. The first-order valence-corrected chi connectivity index (χ1v) is 10.1. The van der Waals surface area contributed by atoms with E-state index in [1.165, 1.54) is 27.5 Å². The zero-order valence-corrected chi connectivity index (χ0v) is 17.5. The van der Waals surface area contributed by atoms with E-state index in [4.69, 9.17) is 0 Å². The number of hydrazone groups is 1. The lowest BCUT2D eigenvalue weighted by molar-refractivity contribution is -0.119. The number of nitrogens with zero attached hydrogens (tertiary/aromatic N) is 1. The monoisotopic (exact) mass is 395 g/mol. The summed E-state index contributed by atoms with van der Waals surface area (Å²) in [6.07, 6.45) is 1.75. The number of carbonyl (C=O) groups excluding carboxylic acids is 1. The highest BCUT2D eigenvalue weighted by Crippen LogP contribution is 2.31. The Hall–Kier alpha value is -3.66. The predicted octanol–water partition coefficient (Wildman–Crippen LogP) is 5.48. The number of fused-ring (bicyclic) bond motifs is 2. The minimum atomic E-state index is -0.190. The van der Waals surface area contributed by atoms with Crippen molar-refractivity contribution in [3.8, 4) is 0 Å². The molecule has 0 aliphatic rings. The molecule has 0 saturated carbocycles. The van der Waals surface area contributed by atoms with Crippen molar-refractivity contribution in [2.75, 3.05) is 11.9 Å². The van der Waals surface area contributed by atoms with Gasteiger partial charge in [-0.25, -0.2) is 5.43 Å². The summed E-state index contributed by atoms with van der Waals surface area (Å²) in [5.41, 5.74) is 8.24. The average molecular weight is 396 g/mol. The molecule has 4 nitrogen and oxygen atoms in total. The molecule has 0 radical (unpaired) electrons. The molecule has 30 heavy (non-hydrogen) atoms. The molecule has 0 heterocycles. The molecule has 4 rings (SSSR count). The van der Waals surface area contributed by atoms with Crippen LogP contribution in [0.1, 0.15) is 22.3 Å². The normalized spacial score (nSPS) is 11.3. The second-order valence-electron chi connectivity index (χ2n) is 7.58. The molecule has 4 heteroatoms. The minimum Gasteiger partial charge on any atom is -0.376 e. The average Bonchev–Trinajstić information content (AvgIpc) is 2.77. The molecule has 0 aromatic heterocycles. The lowest BCUT2D eigenvalue weighted by atomic mass is 9.93. The molecule has 0 bridgehead atoms. The molecular formula is C26H25N3O. The molecule has 1 amide bonds. The Balaban J connectivity index is 1.54. The summed E-state index contributed by atoms with van der Waals surface area (Å²) in [4.78, 5) is 12.3. The number of aryl methyl sites for hydroxylation is 3. The lowest BCUT2D eigenvalue weighted by Gasteiger charge is -2.12. The Kier molecular flexibility index (Phi) is 5.48. The van der Waals surface area contributed by atoms with Gasteiger partial charge in [0, 0.05) is 11.3 Å². The van der Waals surface area contributed by atoms with Crippen LogP contribution in [-0.4, -0.2) is 18.7 Å². The molecular weight excluding hydrogens is 370 g/mol. The predicted molar refractivity (Wildman–Crippen MR) is 126 cm³/mol. The van der Waals surface area contributed by atoms with Crippen LogP contribution in [0.4, 0.5) is 5.69 Å². The largest absolute Gasteiger partial charge is 0.376 e. The van der Waals surface area contributed by atoms with Crippen molar-refractivity contribution >= 4 is 39.4 Å². The van der Waals surface area contributed by atoms with Crippen LogP contribution >= 0.6 is 0 Å². The number of nitrogens with one attached hydrogen (secondary N) is 2. The van der Waals surface area contributed by atoms with Gasteiger partial charge in [0.15, 0.2) is 0 Å². The summed E-state index contributed by atoms with van der Waals surface area (Å²) in [7, 11) is 0. The fourth-order valence-corrected chi connectivity index (χ4v) is 3.76. The number of carbonyl (C=O) groups is 1. The first kappa shape index (κ1) is 19.6. The third-order valence-electron chi connectivity index (χ3n) is 5.59. The molecule has 0 fully saturated rings. The quantitative estimate of drug-likeness (QED) is 0.267. The molecule has 4 aromatic carbocycles. The Morgan fingerprint density at radius 2 is 1.43 bits per heavy atom.